The molecular formula is C17H23N3O3. The summed E-state index contributed by atoms with van der Waals surface area (Å²) < 4.78 is 5.49. The minimum atomic E-state index is -0.466. The third kappa shape index (κ3) is 2.86. The van der Waals surface area contributed by atoms with Crippen LogP contribution in [0.4, 0.5) is 0 Å². The molecule has 0 atom stereocenters. The van der Waals surface area contributed by atoms with Gasteiger partial charge in [-0.2, -0.15) is 0 Å². The standard InChI is InChI=1S/C17H23N3O3/c1-10-8-18-16(22)19-15(10)23-9-14(21)20-17-5-11-2-12(6-17)4-13(3-11)7-17/h8,11-13H,2-7,9H2,1H3,(H,20,21)(H,18,19,22). The molecule has 0 radical (unpaired) electrons. The van der Waals surface area contributed by atoms with Crippen LogP contribution in [-0.2, 0) is 4.79 Å². The second kappa shape index (κ2) is 5.35. The molecule has 4 fully saturated rings. The third-order valence-electron chi connectivity index (χ3n) is 5.74. The van der Waals surface area contributed by atoms with Gasteiger partial charge < -0.3 is 10.1 Å². The number of H-pyrrole nitrogens is 1. The SMILES string of the molecule is Cc1cnc(=O)[nH]c1OCC(=O)NC12CC3CC(CC(C3)C1)C2. The Labute approximate surface area is 135 Å². The van der Waals surface area contributed by atoms with Crippen molar-refractivity contribution in [2.24, 2.45) is 17.8 Å². The van der Waals surface area contributed by atoms with Gasteiger partial charge in [-0.15, -0.1) is 0 Å². The van der Waals surface area contributed by atoms with E-state index in [0.717, 1.165) is 37.0 Å². The van der Waals surface area contributed by atoms with Gasteiger partial charge in [0.15, 0.2) is 12.5 Å². The fraction of sp³-hybridized carbons (Fsp3) is 0.706. The summed E-state index contributed by atoms with van der Waals surface area (Å²) in [5.74, 6) is 2.61. The molecule has 124 valence electrons. The molecule has 0 aromatic carbocycles. The number of ether oxygens (including phenoxy) is 1. The first-order valence-electron chi connectivity index (χ1n) is 8.51. The van der Waals surface area contributed by atoms with Gasteiger partial charge in [0.1, 0.15) is 0 Å². The number of nitrogens with one attached hydrogen (secondary N) is 2. The van der Waals surface area contributed by atoms with E-state index in [0.29, 0.717) is 11.4 Å². The van der Waals surface area contributed by atoms with Crippen molar-refractivity contribution in [1.82, 2.24) is 15.3 Å². The Morgan fingerprint density at radius 1 is 1.30 bits per heavy atom. The zero-order valence-corrected chi connectivity index (χ0v) is 13.4. The van der Waals surface area contributed by atoms with Crippen LogP contribution in [0.5, 0.6) is 5.88 Å². The number of nitrogens with zero attached hydrogens (tertiary/aromatic N) is 1. The molecular weight excluding hydrogens is 294 g/mol. The molecule has 4 aliphatic rings. The van der Waals surface area contributed by atoms with Crippen molar-refractivity contribution in [3.8, 4) is 5.88 Å². The highest BCUT2D eigenvalue weighted by Gasteiger charge is 2.51. The van der Waals surface area contributed by atoms with Gasteiger partial charge in [-0.25, -0.2) is 9.78 Å². The minimum Gasteiger partial charge on any atom is -0.469 e. The van der Waals surface area contributed by atoms with Gasteiger partial charge in [-0.05, 0) is 63.2 Å². The first kappa shape index (κ1) is 14.7. The maximum absolute atomic E-state index is 12.4. The van der Waals surface area contributed by atoms with Crippen molar-refractivity contribution in [2.75, 3.05) is 6.61 Å². The molecule has 1 amide bonds. The topological polar surface area (TPSA) is 84.1 Å². The second-order valence-corrected chi connectivity index (χ2v) is 7.74. The highest BCUT2D eigenvalue weighted by Crippen LogP contribution is 2.55. The Bertz CT molecular complexity index is 647. The Morgan fingerprint density at radius 3 is 2.52 bits per heavy atom. The Kier molecular flexibility index (Phi) is 3.43. The number of hydrogen-bond acceptors (Lipinski definition) is 4. The highest BCUT2D eigenvalue weighted by molar-refractivity contribution is 5.78. The number of rotatable bonds is 4. The summed E-state index contributed by atoms with van der Waals surface area (Å²) >= 11 is 0. The fourth-order valence-corrected chi connectivity index (χ4v) is 5.33. The number of aromatic amines is 1. The molecule has 23 heavy (non-hydrogen) atoms. The first-order valence-corrected chi connectivity index (χ1v) is 8.51. The van der Waals surface area contributed by atoms with E-state index >= 15 is 0 Å². The Morgan fingerprint density at radius 2 is 1.91 bits per heavy atom. The third-order valence-corrected chi connectivity index (χ3v) is 5.74. The maximum Gasteiger partial charge on any atom is 0.347 e. The molecule has 6 nitrogen and oxygen atoms in total. The number of carbonyl (C=O) groups excluding carboxylic acids is 1. The van der Waals surface area contributed by atoms with Crippen molar-refractivity contribution in [3.05, 3.63) is 22.2 Å². The van der Waals surface area contributed by atoms with E-state index in [1.54, 1.807) is 6.92 Å². The van der Waals surface area contributed by atoms with E-state index in [9.17, 15) is 9.59 Å². The lowest BCUT2D eigenvalue weighted by Crippen LogP contribution is -2.60. The van der Waals surface area contributed by atoms with Gasteiger partial charge in [-0.1, -0.05) is 0 Å². The molecule has 0 saturated heterocycles. The van der Waals surface area contributed by atoms with Crippen LogP contribution in [-0.4, -0.2) is 28.0 Å². The van der Waals surface area contributed by atoms with Crippen LogP contribution < -0.4 is 15.7 Å². The van der Waals surface area contributed by atoms with E-state index in [1.165, 1.54) is 25.5 Å². The van der Waals surface area contributed by atoms with Crippen molar-refractivity contribution in [1.29, 1.82) is 0 Å². The number of aromatic nitrogens is 2. The molecule has 6 heteroatoms. The summed E-state index contributed by atoms with van der Waals surface area (Å²) in [6, 6.07) is 0. The van der Waals surface area contributed by atoms with Crippen molar-refractivity contribution < 1.29 is 9.53 Å². The molecule has 5 rings (SSSR count). The fourth-order valence-electron chi connectivity index (χ4n) is 5.33. The molecule has 1 aromatic heterocycles. The molecule has 4 saturated carbocycles. The highest BCUT2D eigenvalue weighted by atomic mass is 16.5. The van der Waals surface area contributed by atoms with Crippen molar-refractivity contribution in [2.45, 2.75) is 51.0 Å². The average molecular weight is 317 g/mol. The Hall–Kier alpha value is -1.85. The smallest absolute Gasteiger partial charge is 0.347 e. The molecule has 0 aliphatic heterocycles. The van der Waals surface area contributed by atoms with Crippen LogP contribution in [0.15, 0.2) is 11.0 Å². The molecule has 4 aliphatic carbocycles. The van der Waals surface area contributed by atoms with Crippen LogP contribution in [0.1, 0.15) is 44.1 Å². The quantitative estimate of drug-likeness (QED) is 0.882. The maximum atomic E-state index is 12.4. The number of carbonyl (C=O) groups is 1. The van der Waals surface area contributed by atoms with Gasteiger partial charge in [0.05, 0.1) is 0 Å². The summed E-state index contributed by atoms with van der Waals surface area (Å²) in [5, 5.41) is 3.26. The summed E-state index contributed by atoms with van der Waals surface area (Å²) in [5.41, 5.74) is 0.245. The lowest BCUT2D eigenvalue weighted by Gasteiger charge is -2.56. The molecule has 0 spiro atoms. The van der Waals surface area contributed by atoms with Crippen LogP contribution in [0.3, 0.4) is 0 Å². The first-order chi connectivity index (χ1) is 11.0. The Balaban J connectivity index is 1.39. The number of aryl methyl sites for hydroxylation is 1. The van der Waals surface area contributed by atoms with Crippen LogP contribution >= 0.6 is 0 Å². The van der Waals surface area contributed by atoms with Crippen molar-refractivity contribution >= 4 is 5.91 Å². The number of amides is 1. The normalized spacial score (nSPS) is 34.4. The summed E-state index contributed by atoms with van der Waals surface area (Å²) in [7, 11) is 0. The summed E-state index contributed by atoms with van der Waals surface area (Å²) in [4.78, 5) is 29.7. The second-order valence-electron chi connectivity index (χ2n) is 7.74. The van der Waals surface area contributed by atoms with E-state index in [4.69, 9.17) is 4.74 Å². The monoisotopic (exact) mass is 317 g/mol. The van der Waals surface area contributed by atoms with Gasteiger partial charge >= 0.3 is 5.69 Å². The van der Waals surface area contributed by atoms with E-state index in [-0.39, 0.29) is 18.1 Å². The van der Waals surface area contributed by atoms with Crippen LogP contribution in [0.25, 0.3) is 0 Å². The van der Waals surface area contributed by atoms with E-state index in [1.807, 2.05) is 0 Å². The lowest BCUT2D eigenvalue weighted by atomic mass is 9.53. The van der Waals surface area contributed by atoms with Gasteiger partial charge in [0.25, 0.3) is 5.91 Å². The van der Waals surface area contributed by atoms with E-state index < -0.39 is 5.69 Å². The summed E-state index contributed by atoms with van der Waals surface area (Å²) in [6.45, 7) is 1.72. The van der Waals surface area contributed by atoms with Crippen LogP contribution in [0, 0.1) is 24.7 Å². The number of hydrogen-bond donors (Lipinski definition) is 2. The molecule has 4 bridgehead atoms. The lowest BCUT2D eigenvalue weighted by molar-refractivity contribution is -0.128. The van der Waals surface area contributed by atoms with Gasteiger partial charge in [0.2, 0.25) is 0 Å². The molecule has 2 N–H and O–H groups in total. The predicted molar refractivity (Wildman–Crippen MR) is 84.1 cm³/mol. The predicted octanol–water partition coefficient (Wildman–Crippen LogP) is 1.54. The van der Waals surface area contributed by atoms with Crippen LogP contribution in [0.2, 0.25) is 0 Å². The zero-order valence-electron chi connectivity index (χ0n) is 13.4. The summed E-state index contributed by atoms with van der Waals surface area (Å²) in [6.07, 6.45) is 8.86. The largest absolute Gasteiger partial charge is 0.469 e. The average Bonchev–Trinajstić information content (AvgIpc) is 2.46. The van der Waals surface area contributed by atoms with Gasteiger partial charge in [0, 0.05) is 17.3 Å². The molecule has 1 heterocycles. The van der Waals surface area contributed by atoms with Crippen molar-refractivity contribution in [3.63, 3.8) is 0 Å². The zero-order chi connectivity index (χ0) is 16.0. The molecule has 1 aromatic rings. The molecule has 0 unspecified atom stereocenters. The minimum absolute atomic E-state index is 0.00408. The van der Waals surface area contributed by atoms with Gasteiger partial charge in [-0.3, -0.25) is 9.78 Å². The van der Waals surface area contributed by atoms with E-state index in [2.05, 4.69) is 15.3 Å².